The first-order chi connectivity index (χ1) is 13.0. The molecule has 2 heteroatoms. The summed E-state index contributed by atoms with van der Waals surface area (Å²) in [6, 6.07) is 25.2. The van der Waals surface area contributed by atoms with Crippen molar-refractivity contribution < 1.29 is 4.79 Å². The van der Waals surface area contributed by atoms with Crippen molar-refractivity contribution in [3.63, 3.8) is 0 Å². The van der Waals surface area contributed by atoms with Crippen LogP contribution in [0.5, 0.6) is 0 Å². The van der Waals surface area contributed by atoms with Gasteiger partial charge in [0.15, 0.2) is 0 Å². The monoisotopic (exact) mass is 355 g/mol. The third kappa shape index (κ3) is 3.28. The van der Waals surface area contributed by atoms with Crippen LogP contribution in [0.4, 0.5) is 5.69 Å². The van der Waals surface area contributed by atoms with Gasteiger partial charge in [0.2, 0.25) is 5.91 Å². The summed E-state index contributed by atoms with van der Waals surface area (Å²) in [7, 11) is 0. The van der Waals surface area contributed by atoms with Crippen LogP contribution in [0.25, 0.3) is 0 Å². The van der Waals surface area contributed by atoms with Crippen molar-refractivity contribution in [2.45, 2.75) is 32.6 Å². The molecule has 3 aromatic carbocycles. The summed E-state index contributed by atoms with van der Waals surface area (Å²) in [5.41, 5.74) is 6.74. The molecular formula is C25H25NO. The van der Waals surface area contributed by atoms with Gasteiger partial charge in [0, 0.05) is 11.1 Å². The molecule has 3 aromatic rings. The van der Waals surface area contributed by atoms with Gasteiger partial charge in [-0.1, -0.05) is 77.4 Å². The van der Waals surface area contributed by atoms with E-state index in [0.717, 1.165) is 12.1 Å². The number of benzene rings is 3. The second-order valence-electron chi connectivity index (χ2n) is 7.82. The first kappa shape index (κ1) is 17.5. The minimum Gasteiger partial charge on any atom is -0.326 e. The van der Waals surface area contributed by atoms with Crippen molar-refractivity contribution in [2.75, 3.05) is 5.32 Å². The minimum atomic E-state index is -0.229. The van der Waals surface area contributed by atoms with E-state index in [0.29, 0.717) is 0 Å². The molecule has 4 rings (SSSR count). The molecule has 0 heterocycles. The Morgan fingerprint density at radius 1 is 0.815 bits per heavy atom. The molecule has 1 amide bonds. The smallest absolute Gasteiger partial charge is 0.228 e. The molecule has 0 radical (unpaired) electrons. The Bertz CT molecular complexity index is 942. The first-order valence-corrected chi connectivity index (χ1v) is 9.51. The third-order valence-electron chi connectivity index (χ3n) is 5.66. The zero-order valence-electron chi connectivity index (χ0n) is 16.1. The molecule has 136 valence electrons. The highest BCUT2D eigenvalue weighted by Crippen LogP contribution is 2.59. The van der Waals surface area contributed by atoms with Crippen molar-refractivity contribution in [3.8, 4) is 0 Å². The fourth-order valence-electron chi connectivity index (χ4n) is 4.10. The van der Waals surface area contributed by atoms with Crippen LogP contribution >= 0.6 is 0 Å². The molecule has 27 heavy (non-hydrogen) atoms. The van der Waals surface area contributed by atoms with Crippen LogP contribution in [0.2, 0.25) is 0 Å². The Hall–Kier alpha value is -2.87. The van der Waals surface area contributed by atoms with Gasteiger partial charge in [-0.3, -0.25) is 4.79 Å². The van der Waals surface area contributed by atoms with E-state index in [1.165, 1.54) is 27.8 Å². The first-order valence-electron chi connectivity index (χ1n) is 9.51. The Kier molecular flexibility index (Phi) is 4.35. The van der Waals surface area contributed by atoms with Crippen LogP contribution in [0.15, 0.2) is 72.8 Å². The van der Waals surface area contributed by atoms with Crippen LogP contribution in [0.3, 0.4) is 0 Å². The van der Waals surface area contributed by atoms with E-state index >= 15 is 0 Å². The summed E-state index contributed by atoms with van der Waals surface area (Å²) in [5, 5.41) is 3.12. The maximum absolute atomic E-state index is 13.1. The number of carbonyl (C=O) groups is 1. The fourth-order valence-corrected chi connectivity index (χ4v) is 4.10. The molecule has 1 N–H and O–H groups in total. The van der Waals surface area contributed by atoms with Crippen LogP contribution in [0.1, 0.15) is 34.2 Å². The molecule has 1 fully saturated rings. The summed E-state index contributed by atoms with van der Waals surface area (Å²) >= 11 is 0. The van der Waals surface area contributed by atoms with E-state index in [4.69, 9.17) is 0 Å². The van der Waals surface area contributed by atoms with Crippen LogP contribution < -0.4 is 5.32 Å². The zero-order valence-corrected chi connectivity index (χ0v) is 16.1. The number of hydrogen-bond acceptors (Lipinski definition) is 1. The highest BCUT2D eigenvalue weighted by Gasteiger charge is 2.60. The number of anilines is 1. The lowest BCUT2D eigenvalue weighted by Crippen LogP contribution is -2.22. The Morgan fingerprint density at radius 2 is 1.37 bits per heavy atom. The lowest BCUT2D eigenvalue weighted by Gasteiger charge is -2.20. The number of nitrogens with one attached hydrogen (secondary N) is 1. The van der Waals surface area contributed by atoms with Crippen molar-refractivity contribution in [1.29, 1.82) is 0 Å². The fraction of sp³-hybridized carbons (Fsp3) is 0.240. The molecule has 1 atom stereocenters. The normalized spacial score (nSPS) is 17.4. The maximum Gasteiger partial charge on any atom is 0.228 e. The van der Waals surface area contributed by atoms with E-state index in [9.17, 15) is 4.79 Å². The van der Waals surface area contributed by atoms with Crippen LogP contribution in [-0.2, 0) is 10.2 Å². The number of aryl methyl sites for hydroxylation is 3. The SMILES string of the molecule is Cc1ccc(NC(=O)[C@@H]2CC2(c2cccc(C)c2)c2cccc(C)c2)cc1. The summed E-state index contributed by atoms with van der Waals surface area (Å²) in [4.78, 5) is 13.1. The Balaban J connectivity index is 1.69. The second-order valence-corrected chi connectivity index (χ2v) is 7.82. The van der Waals surface area contributed by atoms with E-state index in [-0.39, 0.29) is 17.2 Å². The molecule has 1 aliphatic rings. The largest absolute Gasteiger partial charge is 0.326 e. The average molecular weight is 355 g/mol. The molecule has 0 bridgehead atoms. The standard InChI is InChI=1S/C25H25NO/c1-17-10-12-22(13-11-17)26-24(27)23-16-25(23,20-8-4-6-18(2)14-20)21-9-5-7-19(3)15-21/h4-15,23H,16H2,1-3H3,(H,26,27)/t23-/m0/s1. The molecule has 0 aromatic heterocycles. The zero-order chi connectivity index (χ0) is 19.0. The predicted molar refractivity (Wildman–Crippen MR) is 111 cm³/mol. The molecule has 0 aliphatic heterocycles. The van der Waals surface area contributed by atoms with Gasteiger partial charge < -0.3 is 5.32 Å². The lowest BCUT2D eigenvalue weighted by molar-refractivity contribution is -0.117. The van der Waals surface area contributed by atoms with E-state index in [1.54, 1.807) is 0 Å². The number of carbonyl (C=O) groups excluding carboxylic acids is 1. The van der Waals surface area contributed by atoms with Gasteiger partial charge in [0.25, 0.3) is 0 Å². The number of amides is 1. The van der Waals surface area contributed by atoms with Gasteiger partial charge in [-0.15, -0.1) is 0 Å². The van der Waals surface area contributed by atoms with E-state index in [1.807, 2.05) is 31.2 Å². The highest BCUT2D eigenvalue weighted by atomic mass is 16.2. The number of rotatable bonds is 4. The molecule has 2 nitrogen and oxygen atoms in total. The van der Waals surface area contributed by atoms with Crippen molar-refractivity contribution in [1.82, 2.24) is 0 Å². The van der Waals surface area contributed by atoms with Gasteiger partial charge >= 0.3 is 0 Å². The summed E-state index contributed by atoms with van der Waals surface area (Å²) < 4.78 is 0. The minimum absolute atomic E-state index is 0.0533. The molecule has 0 saturated heterocycles. The average Bonchev–Trinajstić information content (AvgIpc) is 3.41. The topological polar surface area (TPSA) is 29.1 Å². The van der Waals surface area contributed by atoms with E-state index in [2.05, 4.69) is 67.7 Å². The van der Waals surface area contributed by atoms with Gasteiger partial charge in [-0.25, -0.2) is 0 Å². The van der Waals surface area contributed by atoms with Crippen LogP contribution in [0, 0.1) is 26.7 Å². The van der Waals surface area contributed by atoms with Crippen molar-refractivity contribution in [3.05, 3.63) is 101 Å². The van der Waals surface area contributed by atoms with E-state index < -0.39 is 0 Å². The third-order valence-corrected chi connectivity index (χ3v) is 5.66. The second kappa shape index (κ2) is 6.70. The van der Waals surface area contributed by atoms with Gasteiger partial charge in [-0.05, 0) is 50.5 Å². The van der Waals surface area contributed by atoms with Gasteiger partial charge in [0.05, 0.1) is 5.92 Å². The predicted octanol–water partition coefficient (Wildman–Crippen LogP) is 5.56. The number of hydrogen-bond donors (Lipinski definition) is 1. The molecule has 0 unspecified atom stereocenters. The summed E-state index contributed by atoms with van der Waals surface area (Å²) in [6.07, 6.45) is 0.845. The summed E-state index contributed by atoms with van der Waals surface area (Å²) in [5.74, 6) is 0.0456. The van der Waals surface area contributed by atoms with Crippen LogP contribution in [-0.4, -0.2) is 5.91 Å². The van der Waals surface area contributed by atoms with Crippen molar-refractivity contribution >= 4 is 11.6 Å². The Morgan fingerprint density at radius 3 is 1.89 bits per heavy atom. The summed E-state index contributed by atoms with van der Waals surface area (Å²) in [6.45, 7) is 6.27. The quantitative estimate of drug-likeness (QED) is 0.652. The Labute approximate surface area is 161 Å². The van der Waals surface area contributed by atoms with Crippen molar-refractivity contribution in [2.24, 2.45) is 5.92 Å². The molecule has 0 spiro atoms. The lowest BCUT2D eigenvalue weighted by atomic mass is 9.84. The molecule has 1 aliphatic carbocycles. The molecule has 1 saturated carbocycles. The maximum atomic E-state index is 13.1. The highest BCUT2D eigenvalue weighted by molar-refractivity contribution is 5.97. The van der Waals surface area contributed by atoms with Gasteiger partial charge in [-0.2, -0.15) is 0 Å². The molecular weight excluding hydrogens is 330 g/mol. The van der Waals surface area contributed by atoms with Gasteiger partial charge in [0.1, 0.15) is 0 Å².